The molecule has 0 aromatic carbocycles. The largest absolute Gasteiger partial charge is 0.473 e. The second kappa shape index (κ2) is 6.86. The van der Waals surface area contributed by atoms with Gasteiger partial charge in [-0.1, -0.05) is 18.7 Å². The molecule has 0 spiro atoms. The van der Waals surface area contributed by atoms with E-state index in [1.165, 1.54) is 11.8 Å². The molecular formula is C7H15N3O2S2. The molecule has 0 aliphatic carbocycles. The van der Waals surface area contributed by atoms with E-state index in [1.54, 1.807) is 6.26 Å². The summed E-state index contributed by atoms with van der Waals surface area (Å²) in [5.74, 6) is -0.0796. The third-order valence-electron chi connectivity index (χ3n) is 1.48. The first-order valence-electron chi connectivity index (χ1n) is 3.94. The van der Waals surface area contributed by atoms with Crippen molar-refractivity contribution in [3.63, 3.8) is 0 Å². The number of rotatable bonds is 4. The molecule has 0 amide bonds. The fourth-order valence-corrected chi connectivity index (χ4v) is 0.908. The predicted octanol–water partition coefficient (Wildman–Crippen LogP) is 0.482. The molecule has 5 nitrogen and oxygen atoms in total. The van der Waals surface area contributed by atoms with Gasteiger partial charge in [0.2, 0.25) is 5.23 Å². The SMILES string of the molecule is CSC(=N)OCC(C)C(N)OC(N)=S. The van der Waals surface area contributed by atoms with E-state index in [2.05, 4.69) is 12.2 Å². The van der Waals surface area contributed by atoms with Gasteiger partial charge in [-0.25, -0.2) is 0 Å². The molecular weight excluding hydrogens is 222 g/mol. The monoisotopic (exact) mass is 237 g/mol. The summed E-state index contributed by atoms with van der Waals surface area (Å²) >= 11 is 5.76. The van der Waals surface area contributed by atoms with E-state index in [0.717, 1.165) is 0 Å². The van der Waals surface area contributed by atoms with E-state index < -0.39 is 6.23 Å². The van der Waals surface area contributed by atoms with Gasteiger partial charge in [0, 0.05) is 5.92 Å². The van der Waals surface area contributed by atoms with Gasteiger partial charge >= 0.3 is 0 Å². The van der Waals surface area contributed by atoms with Crippen LogP contribution in [0.25, 0.3) is 0 Å². The average molecular weight is 237 g/mol. The average Bonchev–Trinajstić information content (AvgIpc) is 2.12. The quantitative estimate of drug-likeness (QED) is 0.285. The molecule has 7 heteroatoms. The van der Waals surface area contributed by atoms with Crippen molar-refractivity contribution >= 4 is 34.4 Å². The number of ether oxygens (including phenoxy) is 2. The molecule has 0 radical (unpaired) electrons. The van der Waals surface area contributed by atoms with E-state index in [1.807, 2.05) is 6.92 Å². The zero-order valence-electron chi connectivity index (χ0n) is 8.15. The van der Waals surface area contributed by atoms with Gasteiger partial charge < -0.3 is 15.2 Å². The first kappa shape index (κ1) is 13.5. The van der Waals surface area contributed by atoms with Gasteiger partial charge in [0.15, 0.2) is 6.23 Å². The Morgan fingerprint density at radius 2 is 2.21 bits per heavy atom. The minimum absolute atomic E-state index is 0.0794. The zero-order valence-corrected chi connectivity index (χ0v) is 9.78. The van der Waals surface area contributed by atoms with Crippen molar-refractivity contribution in [3.05, 3.63) is 0 Å². The number of hydrogen-bond donors (Lipinski definition) is 3. The van der Waals surface area contributed by atoms with Crippen molar-refractivity contribution in [2.75, 3.05) is 12.9 Å². The van der Waals surface area contributed by atoms with Crippen LogP contribution in [0.4, 0.5) is 0 Å². The highest BCUT2D eigenvalue weighted by Gasteiger charge is 2.15. The van der Waals surface area contributed by atoms with Gasteiger partial charge in [0.25, 0.3) is 5.17 Å². The van der Waals surface area contributed by atoms with Crippen LogP contribution in [0, 0.1) is 11.3 Å². The minimum atomic E-state index is -0.595. The Hall–Kier alpha value is -0.530. The Kier molecular flexibility index (Phi) is 6.60. The number of thioether (sulfide) groups is 1. The van der Waals surface area contributed by atoms with Crippen molar-refractivity contribution in [2.45, 2.75) is 13.2 Å². The summed E-state index contributed by atoms with van der Waals surface area (Å²) < 4.78 is 9.97. The van der Waals surface area contributed by atoms with Crippen molar-refractivity contribution in [2.24, 2.45) is 17.4 Å². The van der Waals surface area contributed by atoms with Crippen LogP contribution in [-0.4, -0.2) is 29.5 Å². The molecule has 0 aliphatic heterocycles. The van der Waals surface area contributed by atoms with Crippen molar-refractivity contribution < 1.29 is 9.47 Å². The molecule has 0 aliphatic rings. The van der Waals surface area contributed by atoms with Crippen LogP contribution in [-0.2, 0) is 9.47 Å². The highest BCUT2D eigenvalue weighted by atomic mass is 32.2. The molecule has 0 saturated carbocycles. The van der Waals surface area contributed by atoms with Crippen LogP contribution in [0.1, 0.15) is 6.92 Å². The third-order valence-corrected chi connectivity index (χ3v) is 2.06. The summed E-state index contributed by atoms with van der Waals surface area (Å²) in [7, 11) is 0. The van der Waals surface area contributed by atoms with Crippen LogP contribution in [0.3, 0.4) is 0 Å². The fraction of sp³-hybridized carbons (Fsp3) is 0.714. The molecule has 0 heterocycles. The van der Waals surface area contributed by atoms with Crippen LogP contribution in [0.5, 0.6) is 0 Å². The Balaban J connectivity index is 3.77. The topological polar surface area (TPSA) is 94.3 Å². The molecule has 2 atom stereocenters. The molecule has 82 valence electrons. The van der Waals surface area contributed by atoms with Crippen molar-refractivity contribution in [1.82, 2.24) is 0 Å². The highest BCUT2D eigenvalue weighted by Crippen LogP contribution is 2.05. The van der Waals surface area contributed by atoms with Gasteiger partial charge in [-0.2, -0.15) is 0 Å². The fourth-order valence-electron chi connectivity index (χ4n) is 0.611. The van der Waals surface area contributed by atoms with Gasteiger partial charge in [0.05, 0.1) is 6.61 Å². The summed E-state index contributed by atoms with van der Waals surface area (Å²) in [6.07, 6.45) is 1.17. The predicted molar refractivity (Wildman–Crippen MR) is 62.2 cm³/mol. The zero-order chi connectivity index (χ0) is 11.1. The smallest absolute Gasteiger partial charge is 0.255 e. The Morgan fingerprint density at radius 3 is 2.64 bits per heavy atom. The molecule has 0 aromatic rings. The van der Waals surface area contributed by atoms with E-state index in [9.17, 15) is 0 Å². The summed E-state index contributed by atoms with van der Waals surface area (Å²) in [6.45, 7) is 2.14. The maximum Gasteiger partial charge on any atom is 0.255 e. The van der Waals surface area contributed by atoms with Crippen LogP contribution < -0.4 is 11.5 Å². The minimum Gasteiger partial charge on any atom is -0.473 e. The molecule has 2 unspecified atom stereocenters. The van der Waals surface area contributed by atoms with Crippen LogP contribution >= 0.6 is 24.0 Å². The Labute approximate surface area is 93.0 Å². The summed E-state index contributed by atoms with van der Waals surface area (Å²) in [6, 6.07) is 0. The summed E-state index contributed by atoms with van der Waals surface area (Å²) in [4.78, 5) is 0. The van der Waals surface area contributed by atoms with E-state index >= 15 is 0 Å². The van der Waals surface area contributed by atoms with Gasteiger partial charge in [-0.15, -0.1) is 0 Å². The number of nitrogens with two attached hydrogens (primary N) is 2. The lowest BCUT2D eigenvalue weighted by atomic mass is 10.2. The molecule has 0 saturated heterocycles. The van der Waals surface area contributed by atoms with E-state index in [-0.39, 0.29) is 16.3 Å². The lowest BCUT2D eigenvalue weighted by molar-refractivity contribution is 0.0996. The molecule has 0 bridgehead atoms. The second-order valence-electron chi connectivity index (χ2n) is 2.68. The number of hydrogen-bond acceptors (Lipinski definition) is 6. The molecule has 0 rings (SSSR count). The first-order valence-corrected chi connectivity index (χ1v) is 5.57. The highest BCUT2D eigenvalue weighted by molar-refractivity contribution is 8.12. The van der Waals surface area contributed by atoms with Crippen LogP contribution in [0.15, 0.2) is 0 Å². The standard InChI is InChI=1S/C7H15N3O2S2/c1-4(3-11-7(10)14-2)5(8)12-6(9)13/h4-5,10H,3,8H2,1-2H3,(H2,9,13). The maximum absolute atomic E-state index is 7.22. The number of nitrogens with one attached hydrogen (secondary N) is 1. The lowest BCUT2D eigenvalue weighted by Gasteiger charge is -2.20. The lowest BCUT2D eigenvalue weighted by Crippen LogP contribution is -2.37. The van der Waals surface area contributed by atoms with Gasteiger partial charge in [-0.3, -0.25) is 11.1 Å². The third kappa shape index (κ3) is 6.01. The van der Waals surface area contributed by atoms with E-state index in [0.29, 0.717) is 6.61 Å². The Bertz CT molecular complexity index is 213. The van der Waals surface area contributed by atoms with Gasteiger partial charge in [0.1, 0.15) is 0 Å². The summed E-state index contributed by atoms with van der Waals surface area (Å²) in [5, 5.41) is 7.29. The van der Waals surface area contributed by atoms with Crippen molar-refractivity contribution in [3.8, 4) is 0 Å². The van der Waals surface area contributed by atoms with Crippen LogP contribution in [0.2, 0.25) is 0 Å². The van der Waals surface area contributed by atoms with E-state index in [4.69, 9.17) is 26.4 Å². The van der Waals surface area contributed by atoms with Crippen molar-refractivity contribution in [1.29, 1.82) is 5.41 Å². The first-order chi connectivity index (χ1) is 6.47. The summed E-state index contributed by atoms with van der Waals surface area (Å²) in [5.41, 5.74) is 10.8. The molecule has 0 aromatic heterocycles. The maximum atomic E-state index is 7.22. The second-order valence-corrected chi connectivity index (χ2v) is 3.86. The number of thiocarbonyl (C=S) groups is 1. The molecule has 0 fully saturated rings. The molecule has 14 heavy (non-hydrogen) atoms. The molecule has 5 N–H and O–H groups in total. The van der Waals surface area contributed by atoms with Gasteiger partial charge in [-0.05, 0) is 18.5 Å². The Morgan fingerprint density at radius 1 is 1.64 bits per heavy atom. The normalized spacial score (nSPS) is 14.2.